The first kappa shape index (κ1) is 31.2. The Labute approximate surface area is 243 Å². The number of amides is 1. The minimum absolute atomic E-state index is 0.200. The van der Waals surface area contributed by atoms with Gasteiger partial charge in [-0.2, -0.15) is 4.79 Å². The Bertz CT molecular complexity index is 1220. The number of likely N-dealkylation sites (tertiary alicyclic amines) is 1. The first-order valence-electron chi connectivity index (χ1n) is 13.8. The fourth-order valence-electron chi connectivity index (χ4n) is 5.16. The van der Waals surface area contributed by atoms with Gasteiger partial charge in [-0.15, -0.1) is 0 Å². The lowest BCUT2D eigenvalue weighted by Crippen LogP contribution is -3.13. The van der Waals surface area contributed by atoms with Crippen LogP contribution in [-0.2, 0) is 20.7 Å². The zero-order valence-corrected chi connectivity index (χ0v) is 25.0. The molecule has 1 fully saturated rings. The second-order valence-corrected chi connectivity index (χ2v) is 11.7. The van der Waals surface area contributed by atoms with E-state index in [0.29, 0.717) is 37.0 Å². The molecule has 1 aliphatic heterocycles. The minimum Gasteiger partial charge on any atom is -0.427 e. The predicted octanol–water partition coefficient (Wildman–Crippen LogP) is 6.03. The maximum absolute atomic E-state index is 13.1. The lowest BCUT2D eigenvalue weighted by Gasteiger charge is -2.30. The molecule has 0 radical (unpaired) electrons. The van der Waals surface area contributed by atoms with Crippen LogP contribution in [0.3, 0.4) is 0 Å². The highest BCUT2D eigenvalue weighted by Crippen LogP contribution is 2.27. The molecule has 1 amide bonds. The number of allylic oxidation sites excluding steroid dienone is 3. The molecule has 40 heavy (non-hydrogen) atoms. The number of hydrogen-bond donors (Lipinski definition) is 1. The number of ether oxygens (including phenoxy) is 2. The molecule has 214 valence electrons. The molecule has 1 unspecified atom stereocenters. The summed E-state index contributed by atoms with van der Waals surface area (Å²) in [5.41, 5.74) is 2.52. The average Bonchev–Trinajstić information content (AvgIpc) is 3.29. The molecular formula is C33H42ClN2O4+. The second kappa shape index (κ2) is 14.3. The van der Waals surface area contributed by atoms with E-state index in [1.165, 1.54) is 12.5 Å². The molecule has 1 heterocycles. The van der Waals surface area contributed by atoms with Crippen LogP contribution in [-0.4, -0.2) is 43.8 Å². The SMILES string of the molecule is C=C/C=C(CN(C[C@H]1C[NH+](C(=O)OC(C)(C)C)C[C@@H]1Cc1ccccc1)c1ccc(Cl)cc1)\C(=C/C)OC(C)=O. The highest BCUT2D eigenvalue weighted by molar-refractivity contribution is 6.30. The Hall–Kier alpha value is -3.35. The Morgan fingerprint density at radius 3 is 2.30 bits per heavy atom. The Balaban J connectivity index is 1.94. The maximum Gasteiger partial charge on any atom is 0.514 e. The molecule has 2 aromatic carbocycles. The first-order valence-corrected chi connectivity index (χ1v) is 14.2. The van der Waals surface area contributed by atoms with E-state index in [1.54, 1.807) is 12.2 Å². The Kier molecular flexibility index (Phi) is 11.2. The summed E-state index contributed by atoms with van der Waals surface area (Å²) in [4.78, 5) is 28.0. The van der Waals surface area contributed by atoms with Gasteiger partial charge >= 0.3 is 12.1 Å². The van der Waals surface area contributed by atoms with Crippen LogP contribution in [0, 0.1) is 11.8 Å². The van der Waals surface area contributed by atoms with E-state index >= 15 is 0 Å². The van der Waals surface area contributed by atoms with Crippen molar-refractivity contribution in [3.8, 4) is 0 Å². The lowest BCUT2D eigenvalue weighted by atomic mass is 9.89. The number of nitrogens with one attached hydrogen (secondary N) is 1. The molecule has 0 aliphatic carbocycles. The van der Waals surface area contributed by atoms with E-state index in [9.17, 15) is 9.59 Å². The van der Waals surface area contributed by atoms with Gasteiger partial charge in [0.25, 0.3) is 0 Å². The molecule has 0 saturated carbocycles. The highest BCUT2D eigenvalue weighted by Gasteiger charge is 2.42. The standard InChI is InChI=1S/C33H41ClN2O4/c1-7-12-26(31(8-2)39-24(3)37)20-35(30-17-15-29(34)16-18-30)22-28-23-36(32(38)40-33(4,5)6)21-27(28)19-25-13-10-9-11-14-25/h7-18,27-28H,1,19-23H2,2-6H3/p+1/b26-12-,31-8+/t27-,28-/m0/s1. The zero-order chi connectivity index (χ0) is 29.3. The normalized spacial score (nSPS) is 19.7. The molecular weight excluding hydrogens is 524 g/mol. The third-order valence-electron chi connectivity index (χ3n) is 6.87. The smallest absolute Gasteiger partial charge is 0.427 e. The van der Waals surface area contributed by atoms with Crippen molar-refractivity contribution in [1.29, 1.82) is 0 Å². The number of benzene rings is 2. The van der Waals surface area contributed by atoms with E-state index in [2.05, 4.69) is 35.7 Å². The van der Waals surface area contributed by atoms with Crippen molar-refractivity contribution in [3.63, 3.8) is 0 Å². The first-order chi connectivity index (χ1) is 19.0. The number of alkyl carbamates (subject to hydrolysis) is 2. The van der Waals surface area contributed by atoms with Crippen LogP contribution in [0.2, 0.25) is 5.02 Å². The van der Waals surface area contributed by atoms with E-state index < -0.39 is 5.60 Å². The Morgan fingerprint density at radius 1 is 1.07 bits per heavy atom. The van der Waals surface area contributed by atoms with Crippen molar-refractivity contribution in [2.45, 2.75) is 46.6 Å². The molecule has 1 N–H and O–H groups in total. The topological polar surface area (TPSA) is 60.3 Å². The number of halogens is 1. The van der Waals surface area contributed by atoms with E-state index in [1.807, 2.05) is 64.1 Å². The summed E-state index contributed by atoms with van der Waals surface area (Å²) in [7, 11) is 0. The van der Waals surface area contributed by atoms with Crippen LogP contribution in [0.15, 0.2) is 90.7 Å². The van der Waals surface area contributed by atoms with Crippen molar-refractivity contribution in [2.75, 3.05) is 31.1 Å². The summed E-state index contributed by atoms with van der Waals surface area (Å²) in [6.45, 7) is 15.4. The molecule has 7 heteroatoms. The van der Waals surface area contributed by atoms with Crippen LogP contribution in [0.1, 0.15) is 40.2 Å². The van der Waals surface area contributed by atoms with Crippen LogP contribution in [0.5, 0.6) is 0 Å². The maximum atomic E-state index is 13.1. The third kappa shape index (κ3) is 9.39. The molecule has 1 saturated heterocycles. The second-order valence-electron chi connectivity index (χ2n) is 11.3. The molecule has 0 bridgehead atoms. The van der Waals surface area contributed by atoms with Crippen LogP contribution >= 0.6 is 11.6 Å². The monoisotopic (exact) mass is 565 g/mol. The molecule has 3 atom stereocenters. The number of anilines is 1. The molecule has 6 nitrogen and oxygen atoms in total. The third-order valence-corrected chi connectivity index (χ3v) is 7.12. The molecule has 1 aliphatic rings. The summed E-state index contributed by atoms with van der Waals surface area (Å²) in [5, 5.41) is 0.656. The van der Waals surface area contributed by atoms with Crippen molar-refractivity contribution in [2.24, 2.45) is 11.8 Å². The van der Waals surface area contributed by atoms with Gasteiger partial charge in [0.1, 0.15) is 11.4 Å². The average molecular weight is 566 g/mol. The largest absolute Gasteiger partial charge is 0.514 e. The van der Waals surface area contributed by atoms with Gasteiger partial charge in [0.2, 0.25) is 0 Å². The van der Waals surface area contributed by atoms with Gasteiger partial charge in [0.05, 0.1) is 13.1 Å². The Morgan fingerprint density at radius 2 is 1.73 bits per heavy atom. The summed E-state index contributed by atoms with van der Waals surface area (Å²) < 4.78 is 11.3. The number of quaternary nitrogens is 1. The van der Waals surface area contributed by atoms with E-state index in [0.717, 1.165) is 22.6 Å². The van der Waals surface area contributed by atoms with Gasteiger partial charge in [-0.25, -0.2) is 4.90 Å². The van der Waals surface area contributed by atoms with Crippen molar-refractivity contribution in [1.82, 2.24) is 0 Å². The summed E-state index contributed by atoms with van der Waals surface area (Å²) in [6.07, 6.45) is 6.03. The predicted molar refractivity (Wildman–Crippen MR) is 162 cm³/mol. The summed E-state index contributed by atoms with van der Waals surface area (Å²) >= 11 is 6.23. The zero-order valence-electron chi connectivity index (χ0n) is 24.3. The number of carbonyl (C=O) groups is 2. The van der Waals surface area contributed by atoms with Gasteiger partial charge in [-0.3, -0.25) is 4.79 Å². The molecule has 3 rings (SSSR count). The van der Waals surface area contributed by atoms with E-state index in [4.69, 9.17) is 21.1 Å². The minimum atomic E-state index is -0.545. The van der Waals surface area contributed by atoms with Crippen molar-refractivity contribution >= 4 is 29.4 Å². The molecule has 0 aromatic heterocycles. The molecule has 2 aromatic rings. The number of carbonyl (C=O) groups excluding carboxylic acids is 2. The number of rotatable bonds is 10. The number of esters is 1. The van der Waals surface area contributed by atoms with Gasteiger partial charge < -0.3 is 14.4 Å². The number of hydrogen-bond acceptors (Lipinski definition) is 5. The summed E-state index contributed by atoms with van der Waals surface area (Å²) in [5.74, 6) is 0.587. The summed E-state index contributed by atoms with van der Waals surface area (Å²) in [6, 6.07) is 18.1. The van der Waals surface area contributed by atoms with Gasteiger partial charge in [-0.05, 0) is 70.0 Å². The van der Waals surface area contributed by atoms with Crippen molar-refractivity contribution < 1.29 is 24.0 Å². The van der Waals surface area contributed by atoms with Crippen molar-refractivity contribution in [3.05, 3.63) is 101 Å². The van der Waals surface area contributed by atoms with Crippen LogP contribution in [0.25, 0.3) is 0 Å². The van der Waals surface area contributed by atoms with Gasteiger partial charge in [0, 0.05) is 48.1 Å². The quantitative estimate of drug-likeness (QED) is 0.216. The van der Waals surface area contributed by atoms with Crippen LogP contribution in [0.4, 0.5) is 10.5 Å². The van der Waals surface area contributed by atoms with E-state index in [-0.39, 0.29) is 23.9 Å². The molecule has 0 spiro atoms. The van der Waals surface area contributed by atoms with Crippen LogP contribution < -0.4 is 9.80 Å². The highest BCUT2D eigenvalue weighted by atomic mass is 35.5. The fraction of sp³-hybridized carbons (Fsp3) is 0.394. The van der Waals surface area contributed by atoms with Gasteiger partial charge in [0.15, 0.2) is 0 Å². The number of nitrogens with zero attached hydrogens (tertiary/aromatic N) is 1. The lowest BCUT2D eigenvalue weighted by molar-refractivity contribution is -0.814. The fourth-order valence-corrected chi connectivity index (χ4v) is 5.28. The van der Waals surface area contributed by atoms with Gasteiger partial charge in [-0.1, -0.05) is 60.7 Å².